The normalized spacial score (nSPS) is 25.8. The van der Waals surface area contributed by atoms with Crippen LogP contribution in [0.1, 0.15) is 66.5 Å². The van der Waals surface area contributed by atoms with Crippen molar-refractivity contribution in [2.45, 2.75) is 134 Å². The maximum absolute atomic E-state index is 14.1. The van der Waals surface area contributed by atoms with Crippen LogP contribution in [-0.2, 0) is 31.8 Å². The fraction of sp³-hybridized carbons (Fsp3) is 0.605. The topological polar surface area (TPSA) is 147 Å². The minimum Gasteiger partial charge on any atom is -0.508 e. The standard InChI is InChI=1S/C38H57N3O9Si/c1-34(2,3)49-33(46)40-29(23-26-17-19-28(42)20-18-26)30(48-35(40,4)5)37(8)38(24-27-15-13-12-14-16-27,41(32(44)45)36(6,7)50-37)25-39-31(43)47-21-22-51(9,10)11/h12-20,29-30,42H,21-25H2,1-11H3,(H,39,43)(H,44,45). The first-order valence-electron chi connectivity index (χ1n) is 17.6. The number of phenolic OH excluding ortho intramolecular Hbond substituents is 1. The second-order valence-corrected chi connectivity index (χ2v) is 22.7. The summed E-state index contributed by atoms with van der Waals surface area (Å²) < 4.78 is 25.4. The molecule has 0 aromatic heterocycles. The second-order valence-electron chi connectivity index (χ2n) is 17.0. The maximum Gasteiger partial charge on any atom is 0.412 e. The Bertz CT molecular complexity index is 1550. The largest absolute Gasteiger partial charge is 0.508 e. The Balaban J connectivity index is 1.91. The van der Waals surface area contributed by atoms with Gasteiger partial charge < -0.3 is 34.5 Å². The van der Waals surface area contributed by atoms with Gasteiger partial charge in [-0.2, -0.15) is 0 Å². The molecule has 2 aromatic rings. The monoisotopic (exact) mass is 727 g/mol. The second kappa shape index (κ2) is 14.3. The van der Waals surface area contributed by atoms with Crippen molar-refractivity contribution >= 4 is 26.4 Å². The van der Waals surface area contributed by atoms with Gasteiger partial charge >= 0.3 is 18.3 Å². The van der Waals surface area contributed by atoms with Crippen LogP contribution in [-0.4, -0.2) is 99.9 Å². The number of carbonyl (C=O) groups is 3. The van der Waals surface area contributed by atoms with Gasteiger partial charge in [-0.25, -0.2) is 14.4 Å². The van der Waals surface area contributed by atoms with E-state index >= 15 is 0 Å². The first kappa shape index (κ1) is 40.0. The van der Waals surface area contributed by atoms with E-state index in [2.05, 4.69) is 25.0 Å². The van der Waals surface area contributed by atoms with Crippen molar-refractivity contribution in [3.05, 3.63) is 65.7 Å². The number of benzene rings is 2. The Labute approximate surface area is 303 Å². The zero-order valence-electron chi connectivity index (χ0n) is 32.0. The number of nitrogens with zero attached hydrogens (tertiary/aromatic N) is 2. The molecule has 2 saturated heterocycles. The number of alkyl carbamates (subject to hydrolysis) is 1. The van der Waals surface area contributed by atoms with Crippen LogP contribution in [0.4, 0.5) is 14.4 Å². The molecule has 2 aromatic carbocycles. The van der Waals surface area contributed by atoms with Crippen molar-refractivity contribution in [2.24, 2.45) is 0 Å². The molecule has 2 aliphatic heterocycles. The van der Waals surface area contributed by atoms with Crippen LogP contribution in [0.2, 0.25) is 25.7 Å². The van der Waals surface area contributed by atoms with Crippen LogP contribution in [0, 0.1) is 0 Å². The first-order valence-corrected chi connectivity index (χ1v) is 21.3. The maximum atomic E-state index is 14.1. The van der Waals surface area contributed by atoms with Crippen molar-refractivity contribution < 1.29 is 43.5 Å². The molecule has 0 aliphatic carbocycles. The van der Waals surface area contributed by atoms with Gasteiger partial charge in [-0.3, -0.25) is 9.80 Å². The summed E-state index contributed by atoms with van der Waals surface area (Å²) in [4.78, 5) is 43.7. The molecular formula is C38H57N3O9Si. The van der Waals surface area contributed by atoms with E-state index in [1.54, 1.807) is 77.6 Å². The number of amides is 3. The molecule has 4 unspecified atom stereocenters. The van der Waals surface area contributed by atoms with Gasteiger partial charge in [0, 0.05) is 21.0 Å². The molecule has 3 N–H and O–H groups in total. The number of hydrogen-bond acceptors (Lipinski definition) is 8. The molecule has 12 nitrogen and oxygen atoms in total. The Morgan fingerprint density at radius 1 is 0.922 bits per heavy atom. The van der Waals surface area contributed by atoms with Crippen molar-refractivity contribution in [3.8, 4) is 5.75 Å². The molecule has 2 fully saturated rings. The lowest BCUT2D eigenvalue weighted by molar-refractivity contribution is -0.184. The van der Waals surface area contributed by atoms with Gasteiger partial charge in [0.15, 0.2) is 0 Å². The number of nitrogens with one attached hydrogen (secondary N) is 1. The fourth-order valence-electron chi connectivity index (χ4n) is 7.56. The molecule has 0 saturated carbocycles. The summed E-state index contributed by atoms with van der Waals surface area (Å²) >= 11 is 0. The van der Waals surface area contributed by atoms with Crippen LogP contribution in [0.3, 0.4) is 0 Å². The highest BCUT2D eigenvalue weighted by Gasteiger charge is 2.73. The average Bonchev–Trinajstić information content (AvgIpc) is 3.35. The highest BCUT2D eigenvalue weighted by Crippen LogP contribution is 2.55. The summed E-state index contributed by atoms with van der Waals surface area (Å²) in [5.41, 5.74) is -4.84. The molecule has 0 radical (unpaired) electrons. The molecule has 2 aliphatic rings. The number of hydrogen-bond donors (Lipinski definition) is 3. The predicted octanol–water partition coefficient (Wildman–Crippen LogP) is 7.23. The smallest absolute Gasteiger partial charge is 0.412 e. The molecule has 2 heterocycles. The van der Waals surface area contributed by atoms with Gasteiger partial charge in [-0.15, -0.1) is 0 Å². The highest BCUT2D eigenvalue weighted by molar-refractivity contribution is 6.76. The van der Waals surface area contributed by atoms with E-state index in [9.17, 15) is 24.6 Å². The van der Waals surface area contributed by atoms with E-state index < -0.39 is 66.7 Å². The van der Waals surface area contributed by atoms with Crippen molar-refractivity contribution in [2.75, 3.05) is 13.2 Å². The number of ether oxygens (including phenoxy) is 4. The van der Waals surface area contributed by atoms with Crippen LogP contribution < -0.4 is 5.32 Å². The van der Waals surface area contributed by atoms with Gasteiger partial charge in [0.2, 0.25) is 0 Å². The molecule has 13 heteroatoms. The first-order chi connectivity index (χ1) is 23.4. The third-order valence-corrected chi connectivity index (χ3v) is 11.4. The predicted molar refractivity (Wildman–Crippen MR) is 196 cm³/mol. The lowest BCUT2D eigenvalue weighted by atomic mass is 9.70. The SMILES string of the molecule is CC(C)(C)OC(=O)N1C(Cc2ccc(O)cc2)C(C2(C)OC(C)(C)N(C(=O)O)C2(CNC(=O)OCC[Si](C)(C)C)Cc2ccccc2)OC1(C)C. The number of carboxylic acid groups (broad SMARTS) is 1. The van der Waals surface area contributed by atoms with E-state index in [4.69, 9.17) is 18.9 Å². The van der Waals surface area contributed by atoms with Gasteiger partial charge in [0.1, 0.15) is 40.0 Å². The average molecular weight is 728 g/mol. The highest BCUT2D eigenvalue weighted by atomic mass is 28.3. The molecule has 282 valence electrons. The molecule has 4 rings (SSSR count). The number of rotatable bonds is 10. The summed E-state index contributed by atoms with van der Waals surface area (Å²) in [6.07, 6.45) is -3.08. The summed E-state index contributed by atoms with van der Waals surface area (Å²) in [6, 6.07) is 16.1. The summed E-state index contributed by atoms with van der Waals surface area (Å²) in [7, 11) is -1.50. The van der Waals surface area contributed by atoms with Gasteiger partial charge in [-0.1, -0.05) is 62.1 Å². The van der Waals surface area contributed by atoms with E-state index in [1.165, 1.54) is 4.90 Å². The number of phenols is 1. The Kier molecular flexibility index (Phi) is 11.2. The van der Waals surface area contributed by atoms with Gasteiger partial charge in [0.25, 0.3) is 0 Å². The van der Waals surface area contributed by atoms with Gasteiger partial charge in [-0.05, 0) is 91.1 Å². The lowest BCUT2D eigenvalue weighted by Crippen LogP contribution is -2.71. The lowest BCUT2D eigenvalue weighted by Gasteiger charge is -2.49. The molecule has 4 atom stereocenters. The van der Waals surface area contributed by atoms with Crippen LogP contribution >= 0.6 is 0 Å². The Morgan fingerprint density at radius 3 is 2.08 bits per heavy atom. The zero-order chi connectivity index (χ0) is 38.2. The Hall–Kier alpha value is -3.81. The van der Waals surface area contributed by atoms with Crippen molar-refractivity contribution in [1.82, 2.24) is 15.1 Å². The quantitative estimate of drug-likeness (QED) is 0.216. The minimum absolute atomic E-state index is 0.0944. The Morgan fingerprint density at radius 2 is 1.53 bits per heavy atom. The van der Waals surface area contributed by atoms with Gasteiger partial charge in [0.05, 0.1) is 12.6 Å². The third-order valence-electron chi connectivity index (χ3n) is 9.68. The fourth-order valence-corrected chi connectivity index (χ4v) is 8.27. The third kappa shape index (κ3) is 8.81. The van der Waals surface area contributed by atoms with Crippen LogP contribution in [0.25, 0.3) is 0 Å². The van der Waals surface area contributed by atoms with E-state index in [1.807, 2.05) is 37.3 Å². The van der Waals surface area contributed by atoms with Crippen LogP contribution in [0.5, 0.6) is 5.75 Å². The number of carbonyl (C=O) groups excluding carboxylic acids is 2. The van der Waals surface area contributed by atoms with E-state index in [0.29, 0.717) is 0 Å². The van der Waals surface area contributed by atoms with E-state index in [0.717, 1.165) is 17.2 Å². The minimum atomic E-state index is -1.50. The summed E-state index contributed by atoms with van der Waals surface area (Å²) in [6.45, 7) is 20.7. The molecule has 3 amide bonds. The van der Waals surface area contributed by atoms with E-state index in [-0.39, 0.29) is 31.7 Å². The molecular weight excluding hydrogens is 671 g/mol. The van der Waals surface area contributed by atoms with Crippen molar-refractivity contribution in [1.29, 1.82) is 0 Å². The molecule has 0 bridgehead atoms. The van der Waals surface area contributed by atoms with Crippen LogP contribution in [0.15, 0.2) is 54.6 Å². The summed E-state index contributed by atoms with van der Waals surface area (Å²) in [5, 5.41) is 23.9. The molecule has 51 heavy (non-hydrogen) atoms. The molecule has 0 spiro atoms. The van der Waals surface area contributed by atoms with Crippen molar-refractivity contribution in [3.63, 3.8) is 0 Å². The number of aromatic hydroxyl groups is 1. The summed E-state index contributed by atoms with van der Waals surface area (Å²) in [5.74, 6) is 0.0944. The zero-order valence-corrected chi connectivity index (χ0v) is 33.0.